The summed E-state index contributed by atoms with van der Waals surface area (Å²) in [5, 5.41) is 3.13. The zero-order valence-corrected chi connectivity index (χ0v) is 20.4. The molecule has 0 aromatic rings. The Kier molecular flexibility index (Phi) is 10.9. The smallest absolute Gasteiger partial charge is 0.410 e. The van der Waals surface area contributed by atoms with Gasteiger partial charge in [0, 0.05) is 25.7 Å². The van der Waals surface area contributed by atoms with E-state index in [1.807, 2.05) is 53.5 Å². The first-order valence-electron chi connectivity index (χ1n) is 11.5. The molecule has 0 saturated heterocycles. The van der Waals surface area contributed by atoms with Crippen molar-refractivity contribution < 1.29 is 19.1 Å². The Balaban J connectivity index is 2.84. The summed E-state index contributed by atoms with van der Waals surface area (Å²) in [7, 11) is 1.93. The zero-order valence-electron chi connectivity index (χ0n) is 20.4. The molecule has 30 heavy (non-hydrogen) atoms. The van der Waals surface area contributed by atoms with E-state index in [1.54, 1.807) is 4.90 Å². The Morgan fingerprint density at radius 1 is 0.833 bits per heavy atom. The van der Waals surface area contributed by atoms with E-state index in [0.717, 1.165) is 45.1 Å². The minimum atomic E-state index is -0.547. The van der Waals surface area contributed by atoms with Gasteiger partial charge in [0.1, 0.15) is 11.2 Å². The molecule has 0 aliphatic heterocycles. The summed E-state index contributed by atoms with van der Waals surface area (Å²) in [6.45, 7) is 13.7. The summed E-state index contributed by atoms with van der Waals surface area (Å²) < 4.78 is 11.3. The number of nitrogens with one attached hydrogen (secondary N) is 1. The molecule has 0 radical (unpaired) electrons. The maximum Gasteiger partial charge on any atom is 0.410 e. The van der Waals surface area contributed by atoms with Crippen molar-refractivity contribution in [1.82, 2.24) is 15.1 Å². The molecule has 2 amide bonds. The first-order chi connectivity index (χ1) is 13.9. The number of carbonyl (C=O) groups excluding carboxylic acids is 2. The molecule has 1 aliphatic carbocycles. The van der Waals surface area contributed by atoms with Crippen molar-refractivity contribution in [2.75, 3.05) is 33.2 Å². The third-order valence-electron chi connectivity index (χ3n) is 5.01. The summed E-state index contributed by atoms with van der Waals surface area (Å²) in [5.74, 6) is 0. The van der Waals surface area contributed by atoms with Crippen molar-refractivity contribution in [1.29, 1.82) is 0 Å². The van der Waals surface area contributed by atoms with Crippen molar-refractivity contribution >= 4 is 12.2 Å². The van der Waals surface area contributed by atoms with Gasteiger partial charge in [-0.25, -0.2) is 9.59 Å². The molecule has 1 saturated carbocycles. The second-order valence-electron chi connectivity index (χ2n) is 10.2. The number of unbranched alkanes of at least 4 members (excludes halogenated alkanes) is 1. The fourth-order valence-corrected chi connectivity index (χ4v) is 3.59. The van der Waals surface area contributed by atoms with Gasteiger partial charge in [-0.1, -0.05) is 19.3 Å². The van der Waals surface area contributed by atoms with Crippen LogP contribution in [0.2, 0.25) is 0 Å². The number of ether oxygens (including phenoxy) is 2. The van der Waals surface area contributed by atoms with Crippen LogP contribution >= 0.6 is 0 Å². The van der Waals surface area contributed by atoms with Crippen molar-refractivity contribution in [3.8, 4) is 0 Å². The van der Waals surface area contributed by atoms with Gasteiger partial charge in [-0.05, 0) is 80.8 Å². The lowest BCUT2D eigenvalue weighted by atomic mass is 9.94. The molecule has 7 nitrogen and oxygen atoms in total. The number of rotatable bonds is 9. The minimum absolute atomic E-state index is 0.179. The topological polar surface area (TPSA) is 71.1 Å². The summed E-state index contributed by atoms with van der Waals surface area (Å²) in [4.78, 5) is 29.3. The molecule has 0 aromatic heterocycles. The van der Waals surface area contributed by atoms with Crippen LogP contribution in [0, 0.1) is 0 Å². The molecule has 0 aromatic carbocycles. The molecular formula is C23H45N3O4. The highest BCUT2D eigenvalue weighted by molar-refractivity contribution is 5.69. The maximum absolute atomic E-state index is 12.9. The molecule has 7 heteroatoms. The molecule has 1 aliphatic rings. The molecule has 1 N–H and O–H groups in total. The normalized spacial score (nSPS) is 15.6. The second-order valence-corrected chi connectivity index (χ2v) is 10.2. The van der Waals surface area contributed by atoms with Gasteiger partial charge in [0.2, 0.25) is 0 Å². The Morgan fingerprint density at radius 2 is 1.40 bits per heavy atom. The first kappa shape index (κ1) is 26.5. The van der Waals surface area contributed by atoms with Gasteiger partial charge in [0.15, 0.2) is 0 Å². The predicted molar refractivity (Wildman–Crippen MR) is 121 cm³/mol. The standard InChI is InChI=1S/C23H45N3O4/c1-22(2,3)29-20(27)25(16-12-11-15-24-7)17-18-26(19-13-9-8-10-14-19)21(28)30-23(4,5)6/h19,24H,8-18H2,1-7H3. The number of amides is 2. The van der Waals surface area contributed by atoms with E-state index in [0.29, 0.717) is 19.6 Å². The molecule has 0 heterocycles. The van der Waals surface area contributed by atoms with Crippen LogP contribution in [0.5, 0.6) is 0 Å². The first-order valence-corrected chi connectivity index (χ1v) is 11.5. The zero-order chi connectivity index (χ0) is 22.8. The van der Waals surface area contributed by atoms with Gasteiger partial charge in [-0.3, -0.25) is 0 Å². The van der Waals surface area contributed by atoms with Crippen molar-refractivity contribution in [2.45, 2.75) is 104 Å². The molecule has 0 atom stereocenters. The molecule has 0 bridgehead atoms. The predicted octanol–water partition coefficient (Wildman–Crippen LogP) is 4.79. The Bertz CT molecular complexity index is 520. The van der Waals surface area contributed by atoms with E-state index in [2.05, 4.69) is 5.32 Å². The number of carbonyl (C=O) groups is 2. The molecule has 0 spiro atoms. The van der Waals surface area contributed by atoms with Crippen LogP contribution in [0.4, 0.5) is 9.59 Å². The van der Waals surface area contributed by atoms with Crippen LogP contribution in [0.1, 0.15) is 86.5 Å². The lowest BCUT2D eigenvalue weighted by Crippen LogP contribution is -2.49. The fraction of sp³-hybridized carbons (Fsp3) is 0.913. The molecule has 1 rings (SSSR count). The summed E-state index contributed by atoms with van der Waals surface area (Å²) in [6.07, 6.45) is 6.72. The average molecular weight is 428 g/mol. The van der Waals surface area contributed by atoms with Crippen LogP contribution < -0.4 is 5.32 Å². The van der Waals surface area contributed by atoms with E-state index >= 15 is 0 Å². The summed E-state index contributed by atoms with van der Waals surface area (Å²) >= 11 is 0. The Labute approximate surface area is 183 Å². The van der Waals surface area contributed by atoms with Crippen LogP contribution in [0.25, 0.3) is 0 Å². The second kappa shape index (κ2) is 12.4. The SMILES string of the molecule is CNCCCCN(CCN(C(=O)OC(C)(C)C)C1CCCCC1)C(=O)OC(C)(C)C. The lowest BCUT2D eigenvalue weighted by Gasteiger charge is -2.37. The molecule has 1 fully saturated rings. The van der Waals surface area contributed by atoms with Gasteiger partial charge in [-0.2, -0.15) is 0 Å². The van der Waals surface area contributed by atoms with Crippen molar-refractivity contribution in [3.63, 3.8) is 0 Å². The van der Waals surface area contributed by atoms with Crippen LogP contribution in [-0.2, 0) is 9.47 Å². The number of nitrogens with zero attached hydrogens (tertiary/aromatic N) is 2. The maximum atomic E-state index is 12.9. The summed E-state index contributed by atoms with van der Waals surface area (Å²) in [6, 6.07) is 0.179. The van der Waals surface area contributed by atoms with E-state index in [4.69, 9.17) is 9.47 Å². The van der Waals surface area contributed by atoms with Crippen LogP contribution in [0.15, 0.2) is 0 Å². The highest BCUT2D eigenvalue weighted by atomic mass is 16.6. The number of hydrogen-bond acceptors (Lipinski definition) is 5. The third-order valence-corrected chi connectivity index (χ3v) is 5.01. The van der Waals surface area contributed by atoms with Crippen molar-refractivity contribution in [2.24, 2.45) is 0 Å². The summed E-state index contributed by atoms with van der Waals surface area (Å²) in [5.41, 5.74) is -1.09. The Hall–Kier alpha value is -1.50. The monoisotopic (exact) mass is 427 g/mol. The van der Waals surface area contributed by atoms with Gasteiger partial charge < -0.3 is 24.6 Å². The third kappa shape index (κ3) is 11.0. The van der Waals surface area contributed by atoms with E-state index in [1.165, 1.54) is 6.42 Å². The number of hydrogen-bond donors (Lipinski definition) is 1. The van der Waals surface area contributed by atoms with Gasteiger partial charge in [0.05, 0.1) is 0 Å². The van der Waals surface area contributed by atoms with E-state index in [-0.39, 0.29) is 18.2 Å². The Morgan fingerprint density at radius 3 is 1.93 bits per heavy atom. The van der Waals surface area contributed by atoms with Gasteiger partial charge >= 0.3 is 12.2 Å². The van der Waals surface area contributed by atoms with Crippen LogP contribution in [-0.4, -0.2) is 72.5 Å². The van der Waals surface area contributed by atoms with E-state index in [9.17, 15) is 9.59 Å². The fourth-order valence-electron chi connectivity index (χ4n) is 3.59. The lowest BCUT2D eigenvalue weighted by molar-refractivity contribution is 0.00365. The average Bonchev–Trinajstić information content (AvgIpc) is 2.61. The van der Waals surface area contributed by atoms with E-state index < -0.39 is 11.2 Å². The molecule has 0 unspecified atom stereocenters. The minimum Gasteiger partial charge on any atom is -0.444 e. The van der Waals surface area contributed by atoms with Crippen molar-refractivity contribution in [3.05, 3.63) is 0 Å². The largest absolute Gasteiger partial charge is 0.444 e. The van der Waals surface area contributed by atoms with Gasteiger partial charge in [-0.15, -0.1) is 0 Å². The highest BCUT2D eigenvalue weighted by Gasteiger charge is 2.30. The van der Waals surface area contributed by atoms with Gasteiger partial charge in [0.25, 0.3) is 0 Å². The quantitative estimate of drug-likeness (QED) is 0.536. The van der Waals surface area contributed by atoms with Crippen LogP contribution in [0.3, 0.4) is 0 Å². The molecule has 176 valence electrons. The highest BCUT2D eigenvalue weighted by Crippen LogP contribution is 2.24. The molecular weight excluding hydrogens is 382 g/mol.